The van der Waals surface area contributed by atoms with Crippen LogP contribution in [0.25, 0.3) is 0 Å². The van der Waals surface area contributed by atoms with E-state index in [1.807, 2.05) is 18.2 Å². The van der Waals surface area contributed by atoms with Crippen molar-refractivity contribution in [2.45, 2.75) is 0 Å². The number of nitro benzene ring substituents is 1. The van der Waals surface area contributed by atoms with Gasteiger partial charge >= 0.3 is 0 Å². The van der Waals surface area contributed by atoms with Crippen LogP contribution in [0.15, 0.2) is 54.6 Å². The summed E-state index contributed by atoms with van der Waals surface area (Å²) in [6.07, 6.45) is 0. The van der Waals surface area contributed by atoms with E-state index in [1.165, 1.54) is 30.0 Å². The zero-order valence-electron chi connectivity index (χ0n) is 15.3. The molecule has 0 atom stereocenters. The smallest absolute Gasteiger partial charge is 0.293 e. The number of quaternary nitrogens is 1. The summed E-state index contributed by atoms with van der Waals surface area (Å²) >= 11 is 0. The highest BCUT2D eigenvalue weighted by Crippen LogP contribution is 2.12. The number of amides is 2. The Balaban J connectivity index is 1.41. The minimum atomic E-state index is -0.538. The third kappa shape index (κ3) is 5.04. The molecule has 0 saturated carbocycles. The first-order valence-electron chi connectivity index (χ1n) is 9.00. The van der Waals surface area contributed by atoms with Gasteiger partial charge in [0, 0.05) is 23.4 Å². The minimum absolute atomic E-state index is 0.0983. The summed E-state index contributed by atoms with van der Waals surface area (Å²) in [7, 11) is 0. The van der Waals surface area contributed by atoms with E-state index in [0.29, 0.717) is 0 Å². The van der Waals surface area contributed by atoms with Gasteiger partial charge in [-0.05, 0) is 24.3 Å². The third-order valence-corrected chi connectivity index (χ3v) is 4.66. The van der Waals surface area contributed by atoms with Gasteiger partial charge in [-0.15, -0.1) is 0 Å². The standard InChI is InChI=1S/C19H21N5O4/c25-18(20-21-19(26)15-6-8-17(9-7-15)24(27)28)14-22-10-12-23(13-11-22)16-4-2-1-3-5-16/h1-9H,10-14H2,(H,20,25)(H,21,26)/p+1. The van der Waals surface area contributed by atoms with E-state index in [2.05, 4.69) is 27.9 Å². The molecular formula is C19H22N5O4+. The molecule has 1 heterocycles. The third-order valence-electron chi connectivity index (χ3n) is 4.66. The van der Waals surface area contributed by atoms with Crippen molar-refractivity contribution in [3.05, 3.63) is 70.3 Å². The number of anilines is 1. The van der Waals surface area contributed by atoms with Crippen molar-refractivity contribution in [1.82, 2.24) is 10.9 Å². The molecule has 2 aromatic carbocycles. The quantitative estimate of drug-likeness (QED) is 0.487. The predicted molar refractivity (Wildman–Crippen MR) is 103 cm³/mol. The molecule has 0 aliphatic carbocycles. The normalized spacial score (nSPS) is 14.4. The van der Waals surface area contributed by atoms with E-state index in [4.69, 9.17) is 0 Å². The predicted octanol–water partition coefficient (Wildman–Crippen LogP) is -0.239. The van der Waals surface area contributed by atoms with Crippen LogP contribution in [-0.4, -0.2) is 49.5 Å². The van der Waals surface area contributed by atoms with Gasteiger partial charge in [-0.1, -0.05) is 18.2 Å². The van der Waals surface area contributed by atoms with E-state index in [9.17, 15) is 19.7 Å². The van der Waals surface area contributed by atoms with Crippen LogP contribution in [0.4, 0.5) is 11.4 Å². The van der Waals surface area contributed by atoms with Crippen LogP contribution in [0, 0.1) is 10.1 Å². The number of carbonyl (C=O) groups is 2. The van der Waals surface area contributed by atoms with Gasteiger partial charge in [-0.25, -0.2) is 0 Å². The Morgan fingerprint density at radius 3 is 2.25 bits per heavy atom. The zero-order chi connectivity index (χ0) is 19.9. The molecule has 28 heavy (non-hydrogen) atoms. The van der Waals surface area contributed by atoms with Crippen molar-refractivity contribution >= 4 is 23.2 Å². The molecule has 9 nitrogen and oxygen atoms in total. The fourth-order valence-corrected chi connectivity index (χ4v) is 3.10. The molecule has 2 aromatic rings. The maximum absolute atomic E-state index is 12.1. The fourth-order valence-electron chi connectivity index (χ4n) is 3.10. The Kier molecular flexibility index (Phi) is 6.18. The molecule has 0 bridgehead atoms. The number of carbonyl (C=O) groups excluding carboxylic acids is 2. The fraction of sp³-hybridized carbons (Fsp3) is 0.263. The lowest BCUT2D eigenvalue weighted by Crippen LogP contribution is -3.16. The van der Waals surface area contributed by atoms with E-state index in [0.717, 1.165) is 31.1 Å². The number of non-ortho nitro benzene ring substituents is 1. The Morgan fingerprint density at radius 2 is 1.64 bits per heavy atom. The van der Waals surface area contributed by atoms with Gasteiger partial charge in [0.1, 0.15) is 0 Å². The molecule has 0 radical (unpaired) electrons. The van der Waals surface area contributed by atoms with Gasteiger partial charge in [-0.3, -0.25) is 30.6 Å². The Bertz CT molecular complexity index is 833. The second-order valence-electron chi connectivity index (χ2n) is 6.56. The highest BCUT2D eigenvalue weighted by Gasteiger charge is 2.22. The summed E-state index contributed by atoms with van der Waals surface area (Å²) in [5.74, 6) is -0.800. The number of hydrogen-bond acceptors (Lipinski definition) is 5. The molecule has 0 spiro atoms. The summed E-state index contributed by atoms with van der Waals surface area (Å²) in [6.45, 7) is 3.66. The van der Waals surface area contributed by atoms with Crippen molar-refractivity contribution < 1.29 is 19.4 Å². The first-order valence-corrected chi connectivity index (χ1v) is 9.00. The van der Waals surface area contributed by atoms with Crippen LogP contribution < -0.4 is 20.7 Å². The molecule has 2 amide bonds. The number of nitrogens with one attached hydrogen (secondary N) is 3. The molecule has 1 fully saturated rings. The molecule has 0 unspecified atom stereocenters. The summed E-state index contributed by atoms with van der Waals surface area (Å²) in [5, 5.41) is 10.6. The van der Waals surface area contributed by atoms with Crippen molar-refractivity contribution in [3.63, 3.8) is 0 Å². The maximum Gasteiger partial charge on any atom is 0.293 e. The average Bonchev–Trinajstić information content (AvgIpc) is 2.73. The van der Waals surface area contributed by atoms with E-state index in [1.54, 1.807) is 0 Å². The van der Waals surface area contributed by atoms with Gasteiger partial charge in [-0.2, -0.15) is 0 Å². The number of rotatable bonds is 5. The van der Waals surface area contributed by atoms with Crippen LogP contribution in [0.3, 0.4) is 0 Å². The Hall–Kier alpha value is -3.46. The lowest BCUT2D eigenvalue weighted by Gasteiger charge is -2.33. The van der Waals surface area contributed by atoms with E-state index >= 15 is 0 Å². The van der Waals surface area contributed by atoms with Crippen molar-refractivity contribution in [3.8, 4) is 0 Å². The van der Waals surface area contributed by atoms with Crippen LogP contribution in [0.2, 0.25) is 0 Å². The molecule has 146 valence electrons. The molecule has 1 saturated heterocycles. The topological polar surface area (TPSA) is 109 Å². The van der Waals surface area contributed by atoms with Crippen LogP contribution in [0.5, 0.6) is 0 Å². The lowest BCUT2D eigenvalue weighted by atomic mass is 10.2. The van der Waals surface area contributed by atoms with Gasteiger partial charge in [0.25, 0.3) is 17.5 Å². The number of piperazine rings is 1. The van der Waals surface area contributed by atoms with E-state index < -0.39 is 10.8 Å². The first-order chi connectivity index (χ1) is 13.5. The molecular weight excluding hydrogens is 362 g/mol. The van der Waals surface area contributed by atoms with Crippen molar-refractivity contribution in [1.29, 1.82) is 0 Å². The summed E-state index contributed by atoms with van der Waals surface area (Å²) in [6, 6.07) is 15.3. The average molecular weight is 384 g/mol. The van der Waals surface area contributed by atoms with Crippen molar-refractivity contribution in [2.24, 2.45) is 0 Å². The summed E-state index contributed by atoms with van der Waals surface area (Å²) in [5.41, 5.74) is 6.06. The number of hydrazine groups is 1. The number of benzene rings is 2. The number of hydrogen-bond donors (Lipinski definition) is 3. The Morgan fingerprint density at radius 1 is 1.00 bits per heavy atom. The molecule has 1 aliphatic heterocycles. The second-order valence-corrected chi connectivity index (χ2v) is 6.56. The van der Waals surface area contributed by atoms with Gasteiger partial charge in [0.2, 0.25) is 0 Å². The summed E-state index contributed by atoms with van der Waals surface area (Å²) in [4.78, 5) is 37.6. The second kappa shape index (κ2) is 8.96. The molecule has 3 N–H and O–H groups in total. The van der Waals surface area contributed by atoms with Crippen molar-refractivity contribution in [2.75, 3.05) is 37.6 Å². The van der Waals surface area contributed by atoms with E-state index in [-0.39, 0.29) is 23.7 Å². The van der Waals surface area contributed by atoms with Crippen LogP contribution in [-0.2, 0) is 4.79 Å². The van der Waals surface area contributed by atoms with Crippen LogP contribution >= 0.6 is 0 Å². The monoisotopic (exact) mass is 384 g/mol. The molecule has 3 rings (SSSR count). The largest absolute Gasteiger partial charge is 0.360 e. The minimum Gasteiger partial charge on any atom is -0.360 e. The maximum atomic E-state index is 12.1. The molecule has 0 aromatic heterocycles. The zero-order valence-corrected chi connectivity index (χ0v) is 15.3. The number of nitro groups is 1. The van der Waals surface area contributed by atoms with Gasteiger partial charge in [0.05, 0.1) is 31.1 Å². The van der Waals surface area contributed by atoms with Gasteiger partial charge < -0.3 is 9.80 Å². The highest BCUT2D eigenvalue weighted by molar-refractivity contribution is 5.95. The SMILES string of the molecule is O=C(C[NH+]1CCN(c2ccccc2)CC1)NNC(=O)c1ccc([N+](=O)[O-])cc1. The highest BCUT2D eigenvalue weighted by atomic mass is 16.6. The molecule has 9 heteroatoms. The Labute approximate surface area is 162 Å². The summed E-state index contributed by atoms with van der Waals surface area (Å²) < 4.78 is 0. The number of para-hydroxylation sites is 1. The van der Waals surface area contributed by atoms with Gasteiger partial charge in [0.15, 0.2) is 6.54 Å². The molecule has 1 aliphatic rings. The lowest BCUT2D eigenvalue weighted by molar-refractivity contribution is -0.892. The van der Waals surface area contributed by atoms with Crippen LogP contribution in [0.1, 0.15) is 10.4 Å². The first kappa shape index (κ1) is 19.3. The number of nitrogens with zero attached hydrogens (tertiary/aromatic N) is 2.